The number of halogens is 1. The van der Waals surface area contributed by atoms with Crippen LogP contribution in [0.2, 0.25) is 0 Å². The highest BCUT2D eigenvalue weighted by Gasteiger charge is 2.15. The molecule has 0 bridgehead atoms. The molecule has 1 saturated carbocycles. The summed E-state index contributed by atoms with van der Waals surface area (Å²) in [5, 5.41) is 10.3. The van der Waals surface area contributed by atoms with Gasteiger partial charge in [-0.15, -0.1) is 0 Å². The Morgan fingerprint density at radius 1 is 1.47 bits per heavy atom. The zero-order chi connectivity index (χ0) is 13.7. The zero-order valence-electron chi connectivity index (χ0n) is 11.3. The molecule has 106 valence electrons. The van der Waals surface area contributed by atoms with E-state index in [4.69, 9.17) is 0 Å². The van der Waals surface area contributed by atoms with Crippen molar-refractivity contribution in [2.45, 2.75) is 58.2 Å². The van der Waals surface area contributed by atoms with Crippen molar-refractivity contribution in [3.63, 3.8) is 0 Å². The van der Waals surface area contributed by atoms with Gasteiger partial charge in [-0.1, -0.05) is 19.3 Å². The maximum absolute atomic E-state index is 11.8. The quantitative estimate of drug-likeness (QED) is 0.892. The topological polar surface area (TPSA) is 59.0 Å². The van der Waals surface area contributed by atoms with Gasteiger partial charge in [0.2, 0.25) is 0 Å². The molecule has 1 aliphatic carbocycles. The fourth-order valence-electron chi connectivity index (χ4n) is 2.37. The number of hydrogen-bond acceptors (Lipinski definition) is 2. The van der Waals surface area contributed by atoms with Crippen molar-refractivity contribution in [2.75, 3.05) is 0 Å². The van der Waals surface area contributed by atoms with E-state index in [2.05, 4.69) is 31.7 Å². The van der Waals surface area contributed by atoms with E-state index in [1.165, 1.54) is 19.3 Å². The molecule has 0 aliphatic heterocycles. The molecule has 2 N–H and O–H groups in total. The van der Waals surface area contributed by atoms with E-state index < -0.39 is 0 Å². The molecule has 0 spiro atoms. The Kier molecular flexibility index (Phi) is 5.24. The fourth-order valence-corrected chi connectivity index (χ4v) is 2.82. The summed E-state index contributed by atoms with van der Waals surface area (Å²) in [5.74, 6) is 0. The van der Waals surface area contributed by atoms with Gasteiger partial charge in [0, 0.05) is 18.8 Å². The van der Waals surface area contributed by atoms with Crippen LogP contribution in [0.1, 0.15) is 44.7 Å². The molecule has 5 nitrogen and oxygen atoms in total. The normalized spacial score (nSPS) is 16.3. The van der Waals surface area contributed by atoms with E-state index >= 15 is 0 Å². The minimum Gasteiger partial charge on any atom is -0.335 e. The summed E-state index contributed by atoms with van der Waals surface area (Å²) in [4.78, 5) is 11.8. The van der Waals surface area contributed by atoms with E-state index in [0.29, 0.717) is 12.6 Å². The highest BCUT2D eigenvalue weighted by atomic mass is 79.9. The third-order valence-corrected chi connectivity index (χ3v) is 4.13. The molecule has 2 rings (SSSR count). The van der Waals surface area contributed by atoms with Crippen molar-refractivity contribution in [3.8, 4) is 0 Å². The first kappa shape index (κ1) is 14.4. The average molecular weight is 329 g/mol. The van der Waals surface area contributed by atoms with Crippen LogP contribution in [-0.4, -0.2) is 21.9 Å². The molecule has 0 saturated heterocycles. The van der Waals surface area contributed by atoms with Gasteiger partial charge >= 0.3 is 6.03 Å². The number of aromatic nitrogens is 2. The van der Waals surface area contributed by atoms with Gasteiger partial charge < -0.3 is 10.6 Å². The van der Waals surface area contributed by atoms with Crippen LogP contribution in [0.5, 0.6) is 0 Å². The summed E-state index contributed by atoms with van der Waals surface area (Å²) in [6.45, 7) is 3.31. The van der Waals surface area contributed by atoms with E-state index in [1.54, 1.807) is 0 Å². The monoisotopic (exact) mass is 328 g/mol. The molecule has 19 heavy (non-hydrogen) atoms. The molecule has 1 heterocycles. The first-order chi connectivity index (χ1) is 9.19. The molecular formula is C13H21BrN4O. The van der Waals surface area contributed by atoms with Gasteiger partial charge in [0.05, 0.1) is 16.7 Å². The summed E-state index contributed by atoms with van der Waals surface area (Å²) in [6.07, 6.45) is 7.86. The van der Waals surface area contributed by atoms with Crippen molar-refractivity contribution in [1.82, 2.24) is 20.4 Å². The van der Waals surface area contributed by atoms with Gasteiger partial charge in [0.25, 0.3) is 0 Å². The predicted octanol–water partition coefficient (Wildman–Crippen LogP) is 2.80. The Morgan fingerprint density at radius 3 is 2.84 bits per heavy atom. The van der Waals surface area contributed by atoms with Crippen molar-refractivity contribution in [1.29, 1.82) is 0 Å². The van der Waals surface area contributed by atoms with Crippen molar-refractivity contribution in [3.05, 3.63) is 16.4 Å². The fraction of sp³-hybridized carbons (Fsp3) is 0.692. The van der Waals surface area contributed by atoms with Gasteiger partial charge in [-0.25, -0.2) is 4.79 Å². The highest BCUT2D eigenvalue weighted by molar-refractivity contribution is 9.10. The highest BCUT2D eigenvalue weighted by Crippen LogP contribution is 2.17. The molecule has 0 atom stereocenters. The lowest BCUT2D eigenvalue weighted by Gasteiger charge is -2.22. The standard InChI is InChI=1S/C13H21BrN4O/c1-2-18-9-11(14)12(17-18)8-15-13(19)16-10-6-4-3-5-7-10/h9-10H,2-8H2,1H3,(H2,15,16,19). The van der Waals surface area contributed by atoms with Gasteiger partial charge in [-0.05, 0) is 35.7 Å². The molecule has 1 aliphatic rings. The zero-order valence-corrected chi connectivity index (χ0v) is 12.9. The molecule has 1 fully saturated rings. The predicted molar refractivity (Wildman–Crippen MR) is 77.8 cm³/mol. The minimum atomic E-state index is -0.0927. The lowest BCUT2D eigenvalue weighted by molar-refractivity contribution is 0.232. The summed E-state index contributed by atoms with van der Waals surface area (Å²) in [7, 11) is 0. The number of nitrogens with zero attached hydrogens (tertiary/aromatic N) is 2. The van der Waals surface area contributed by atoms with Gasteiger partial charge in [0.1, 0.15) is 0 Å². The molecule has 6 heteroatoms. The summed E-state index contributed by atoms with van der Waals surface area (Å²) in [6, 6.07) is 0.246. The summed E-state index contributed by atoms with van der Waals surface area (Å²) >= 11 is 3.45. The van der Waals surface area contributed by atoms with Crippen LogP contribution in [0.25, 0.3) is 0 Å². The Hall–Kier alpha value is -1.04. The number of hydrogen-bond donors (Lipinski definition) is 2. The molecule has 2 amide bonds. The Labute approximate surface area is 122 Å². The average Bonchev–Trinajstić information content (AvgIpc) is 2.78. The maximum Gasteiger partial charge on any atom is 0.315 e. The number of amides is 2. The van der Waals surface area contributed by atoms with Gasteiger partial charge in [0.15, 0.2) is 0 Å². The Bertz CT molecular complexity index is 426. The van der Waals surface area contributed by atoms with Crippen molar-refractivity contribution < 1.29 is 4.79 Å². The Morgan fingerprint density at radius 2 is 2.21 bits per heavy atom. The third-order valence-electron chi connectivity index (χ3n) is 3.47. The number of aryl methyl sites for hydroxylation is 1. The van der Waals surface area contributed by atoms with Crippen LogP contribution < -0.4 is 10.6 Å². The van der Waals surface area contributed by atoms with E-state index in [1.807, 2.05) is 17.8 Å². The van der Waals surface area contributed by atoms with Crippen LogP contribution in [0.3, 0.4) is 0 Å². The first-order valence-electron chi connectivity index (χ1n) is 6.95. The van der Waals surface area contributed by atoms with E-state index in [9.17, 15) is 4.79 Å². The van der Waals surface area contributed by atoms with E-state index in [-0.39, 0.29) is 6.03 Å². The number of carbonyl (C=O) groups is 1. The van der Waals surface area contributed by atoms with Crippen LogP contribution >= 0.6 is 15.9 Å². The summed E-state index contributed by atoms with van der Waals surface area (Å²) < 4.78 is 2.78. The van der Waals surface area contributed by atoms with Crippen LogP contribution in [0, 0.1) is 0 Å². The number of rotatable bonds is 4. The first-order valence-corrected chi connectivity index (χ1v) is 7.74. The maximum atomic E-state index is 11.8. The van der Waals surface area contributed by atoms with Crippen molar-refractivity contribution >= 4 is 22.0 Å². The molecular weight excluding hydrogens is 308 g/mol. The number of nitrogens with one attached hydrogen (secondary N) is 2. The second-order valence-electron chi connectivity index (χ2n) is 4.94. The number of urea groups is 1. The van der Waals surface area contributed by atoms with E-state index in [0.717, 1.165) is 29.6 Å². The largest absolute Gasteiger partial charge is 0.335 e. The lowest BCUT2D eigenvalue weighted by atomic mass is 9.96. The molecule has 1 aromatic heterocycles. The summed E-state index contributed by atoms with van der Waals surface area (Å²) in [5.41, 5.74) is 0.862. The minimum absolute atomic E-state index is 0.0927. The second-order valence-corrected chi connectivity index (χ2v) is 5.80. The lowest BCUT2D eigenvalue weighted by Crippen LogP contribution is -2.42. The molecule has 0 unspecified atom stereocenters. The smallest absolute Gasteiger partial charge is 0.315 e. The van der Waals surface area contributed by atoms with Crippen LogP contribution in [0.4, 0.5) is 4.79 Å². The van der Waals surface area contributed by atoms with Crippen LogP contribution in [0.15, 0.2) is 10.7 Å². The van der Waals surface area contributed by atoms with Crippen molar-refractivity contribution in [2.24, 2.45) is 0 Å². The Balaban J connectivity index is 1.77. The molecule has 0 aromatic carbocycles. The van der Waals surface area contributed by atoms with Gasteiger partial charge in [-0.3, -0.25) is 4.68 Å². The SMILES string of the molecule is CCn1cc(Br)c(CNC(=O)NC2CCCCC2)n1. The van der Waals surface area contributed by atoms with Crippen LogP contribution in [-0.2, 0) is 13.1 Å². The number of carbonyl (C=O) groups excluding carboxylic acids is 1. The second kappa shape index (κ2) is 6.93. The van der Waals surface area contributed by atoms with Gasteiger partial charge in [-0.2, -0.15) is 5.10 Å². The third kappa shape index (κ3) is 4.23. The molecule has 0 radical (unpaired) electrons. The molecule has 1 aromatic rings.